The Balaban J connectivity index is 1.43. The molecule has 0 aromatic heterocycles. The second kappa shape index (κ2) is 11.4. The van der Waals surface area contributed by atoms with Gasteiger partial charge in [-0.1, -0.05) is 34.8 Å². The number of anilines is 2. The van der Waals surface area contributed by atoms with Gasteiger partial charge in [0.05, 0.1) is 22.3 Å². The minimum absolute atomic E-state index is 0.0666. The van der Waals surface area contributed by atoms with Crippen LogP contribution in [-0.4, -0.2) is 28.1 Å². The van der Waals surface area contributed by atoms with Crippen LogP contribution < -0.4 is 10.6 Å². The standard InChI is InChI=1S/C25H16Cl5F3N2O2S/c26-13-7-12(8-14(27)9-13)20-21(25(20,29)30)23(37)35-16-3-6-19(28)18(10-16)22(36)34-15-1-4-17(5-2-15)38-11-24(31,32)33/h1-10,20-21H,11H2,(H,34,36)(H,35,37). The van der Waals surface area contributed by atoms with Gasteiger partial charge in [-0.2, -0.15) is 13.2 Å². The molecule has 0 heterocycles. The molecule has 0 bridgehead atoms. The van der Waals surface area contributed by atoms with Crippen LogP contribution in [0.3, 0.4) is 0 Å². The molecular formula is C25H16Cl5F3N2O2S. The lowest BCUT2D eigenvalue weighted by atomic mass is 10.1. The fraction of sp³-hybridized carbons (Fsp3) is 0.200. The molecule has 3 aromatic rings. The summed E-state index contributed by atoms with van der Waals surface area (Å²) in [6.07, 6.45) is -4.28. The fourth-order valence-electron chi connectivity index (χ4n) is 3.82. The Morgan fingerprint density at radius 3 is 2.08 bits per heavy atom. The van der Waals surface area contributed by atoms with Gasteiger partial charge in [-0.15, -0.1) is 35.0 Å². The summed E-state index contributed by atoms with van der Waals surface area (Å²) in [5.74, 6) is -3.42. The number of benzene rings is 3. The van der Waals surface area contributed by atoms with Crippen molar-refractivity contribution in [2.24, 2.45) is 5.92 Å². The maximum Gasteiger partial charge on any atom is 0.398 e. The van der Waals surface area contributed by atoms with Crippen molar-refractivity contribution in [1.29, 1.82) is 0 Å². The Labute approximate surface area is 245 Å². The third-order valence-corrected chi connectivity index (χ3v) is 8.36. The molecule has 0 radical (unpaired) electrons. The summed E-state index contributed by atoms with van der Waals surface area (Å²) in [5, 5.41) is 6.22. The Hall–Kier alpha value is -1.81. The third kappa shape index (κ3) is 7.03. The largest absolute Gasteiger partial charge is 0.398 e. The maximum atomic E-state index is 13.0. The van der Waals surface area contributed by atoms with Crippen LogP contribution in [0.5, 0.6) is 0 Å². The van der Waals surface area contributed by atoms with E-state index in [4.69, 9.17) is 58.0 Å². The van der Waals surface area contributed by atoms with E-state index in [2.05, 4.69) is 10.6 Å². The molecule has 0 saturated heterocycles. The van der Waals surface area contributed by atoms with Crippen LogP contribution in [0, 0.1) is 5.92 Å². The summed E-state index contributed by atoms with van der Waals surface area (Å²) in [6, 6.07) is 15.1. The number of carbonyl (C=O) groups excluding carboxylic acids is 2. The highest BCUT2D eigenvalue weighted by Gasteiger charge is 2.67. The van der Waals surface area contributed by atoms with Crippen LogP contribution in [0.25, 0.3) is 0 Å². The van der Waals surface area contributed by atoms with Gasteiger partial charge in [0.2, 0.25) is 5.91 Å². The van der Waals surface area contributed by atoms with E-state index < -0.39 is 39.9 Å². The highest BCUT2D eigenvalue weighted by Crippen LogP contribution is 2.65. The van der Waals surface area contributed by atoms with E-state index in [0.29, 0.717) is 38.0 Å². The zero-order chi connectivity index (χ0) is 27.8. The van der Waals surface area contributed by atoms with Crippen LogP contribution in [0.1, 0.15) is 21.8 Å². The monoisotopic (exact) mass is 640 g/mol. The number of hydrogen-bond acceptors (Lipinski definition) is 3. The number of alkyl halides is 5. The van der Waals surface area contributed by atoms with Crippen molar-refractivity contribution in [3.63, 3.8) is 0 Å². The van der Waals surface area contributed by atoms with E-state index in [0.717, 1.165) is 0 Å². The SMILES string of the molecule is O=C(Nc1ccc(SCC(F)(F)F)cc1)c1cc(NC(=O)C2C(c3cc(Cl)cc(Cl)c3)C2(Cl)Cl)ccc1Cl. The van der Waals surface area contributed by atoms with Crippen molar-refractivity contribution in [2.45, 2.75) is 21.3 Å². The summed E-state index contributed by atoms with van der Waals surface area (Å²) < 4.78 is 35.8. The van der Waals surface area contributed by atoms with Gasteiger partial charge in [0.1, 0.15) is 4.33 Å². The Morgan fingerprint density at radius 2 is 1.47 bits per heavy atom. The minimum atomic E-state index is -4.28. The smallest absolute Gasteiger partial charge is 0.326 e. The third-order valence-electron chi connectivity index (χ3n) is 5.57. The van der Waals surface area contributed by atoms with Crippen molar-refractivity contribution in [1.82, 2.24) is 0 Å². The number of hydrogen-bond donors (Lipinski definition) is 2. The van der Waals surface area contributed by atoms with Gasteiger partial charge in [0.25, 0.3) is 5.91 Å². The number of nitrogens with one attached hydrogen (secondary N) is 2. The van der Waals surface area contributed by atoms with E-state index in [1.807, 2.05) is 0 Å². The normalized spacial score (nSPS) is 18.1. The number of amides is 2. The predicted octanol–water partition coefficient (Wildman–Crippen LogP) is 9.08. The van der Waals surface area contributed by atoms with Crippen LogP contribution in [0.2, 0.25) is 15.1 Å². The van der Waals surface area contributed by atoms with Crippen molar-refractivity contribution in [3.05, 3.63) is 86.9 Å². The van der Waals surface area contributed by atoms with Gasteiger partial charge in [-0.25, -0.2) is 0 Å². The predicted molar refractivity (Wildman–Crippen MR) is 148 cm³/mol. The molecule has 1 fully saturated rings. The van der Waals surface area contributed by atoms with Crippen molar-refractivity contribution in [3.8, 4) is 0 Å². The van der Waals surface area contributed by atoms with E-state index in [9.17, 15) is 22.8 Å². The van der Waals surface area contributed by atoms with Crippen LogP contribution >= 0.6 is 69.8 Å². The molecule has 2 unspecified atom stereocenters. The second-order valence-electron chi connectivity index (χ2n) is 8.40. The molecule has 38 heavy (non-hydrogen) atoms. The zero-order valence-electron chi connectivity index (χ0n) is 18.9. The lowest BCUT2D eigenvalue weighted by Crippen LogP contribution is -2.18. The molecule has 2 N–H and O–H groups in total. The molecule has 1 saturated carbocycles. The average molecular weight is 643 g/mol. The summed E-state index contributed by atoms with van der Waals surface area (Å²) in [4.78, 5) is 26.2. The molecule has 4 nitrogen and oxygen atoms in total. The topological polar surface area (TPSA) is 58.2 Å². The molecule has 0 spiro atoms. The first-order valence-corrected chi connectivity index (χ1v) is 13.7. The van der Waals surface area contributed by atoms with Crippen molar-refractivity contribution in [2.75, 3.05) is 16.4 Å². The van der Waals surface area contributed by atoms with Gasteiger partial charge in [0, 0.05) is 32.2 Å². The summed E-state index contributed by atoms with van der Waals surface area (Å²) >= 11 is 31.8. The molecule has 2 amide bonds. The molecule has 200 valence electrons. The number of rotatable bonds is 7. The number of carbonyl (C=O) groups is 2. The van der Waals surface area contributed by atoms with E-state index in [1.165, 1.54) is 42.5 Å². The molecule has 1 aliphatic carbocycles. The highest BCUT2D eigenvalue weighted by molar-refractivity contribution is 7.99. The molecule has 13 heteroatoms. The van der Waals surface area contributed by atoms with Crippen molar-refractivity contribution >= 4 is 93.0 Å². The van der Waals surface area contributed by atoms with Gasteiger partial charge >= 0.3 is 6.18 Å². The molecule has 0 aliphatic heterocycles. The maximum absolute atomic E-state index is 13.0. The number of halogens is 8. The minimum Gasteiger partial charge on any atom is -0.326 e. The molecule has 4 rings (SSSR count). The van der Waals surface area contributed by atoms with Crippen LogP contribution in [-0.2, 0) is 4.79 Å². The molecule has 3 aromatic carbocycles. The first kappa shape index (κ1) is 29.2. The van der Waals surface area contributed by atoms with E-state index in [-0.39, 0.29) is 16.3 Å². The van der Waals surface area contributed by atoms with E-state index in [1.54, 1.807) is 18.2 Å². The van der Waals surface area contributed by atoms with Gasteiger partial charge < -0.3 is 10.6 Å². The average Bonchev–Trinajstić information content (AvgIpc) is 3.40. The van der Waals surface area contributed by atoms with Crippen molar-refractivity contribution < 1.29 is 22.8 Å². The number of thioether (sulfide) groups is 1. The first-order valence-electron chi connectivity index (χ1n) is 10.8. The Kier molecular flexibility index (Phi) is 8.72. The van der Waals surface area contributed by atoms with Gasteiger partial charge in [-0.3, -0.25) is 9.59 Å². The lowest BCUT2D eigenvalue weighted by molar-refractivity contribution is -0.117. The van der Waals surface area contributed by atoms with E-state index >= 15 is 0 Å². The lowest BCUT2D eigenvalue weighted by Gasteiger charge is -2.11. The fourth-order valence-corrected chi connectivity index (χ4v) is 6.05. The molecular weight excluding hydrogens is 627 g/mol. The van der Waals surface area contributed by atoms with Crippen LogP contribution in [0.15, 0.2) is 65.6 Å². The Bertz CT molecular complexity index is 1370. The molecule has 2 atom stereocenters. The van der Waals surface area contributed by atoms with Crippen LogP contribution in [0.4, 0.5) is 24.5 Å². The highest BCUT2D eigenvalue weighted by atomic mass is 35.5. The first-order chi connectivity index (χ1) is 17.7. The summed E-state index contributed by atoms with van der Waals surface area (Å²) in [6.45, 7) is 0. The quantitative estimate of drug-likeness (QED) is 0.200. The van der Waals surface area contributed by atoms with Gasteiger partial charge in [0.15, 0.2) is 0 Å². The molecule has 1 aliphatic rings. The zero-order valence-corrected chi connectivity index (χ0v) is 23.5. The van der Waals surface area contributed by atoms with Gasteiger partial charge in [-0.05, 0) is 66.2 Å². The summed E-state index contributed by atoms with van der Waals surface area (Å²) in [7, 11) is 0. The second-order valence-corrected chi connectivity index (χ2v) is 12.2. The summed E-state index contributed by atoms with van der Waals surface area (Å²) in [5.41, 5.74) is 1.32. The Morgan fingerprint density at radius 1 is 0.868 bits per heavy atom.